The lowest BCUT2D eigenvalue weighted by Crippen LogP contribution is -2.12. The Labute approximate surface area is 112 Å². The molecule has 1 aromatic carbocycles. The van der Waals surface area contributed by atoms with Crippen molar-refractivity contribution in [3.8, 4) is 0 Å². The molecular formula is C14H18N2OS. The zero-order valence-corrected chi connectivity index (χ0v) is 11.3. The number of aromatic nitrogens is 1. The smallest absolute Gasteiger partial charge is 0.0926 e. The molecule has 0 radical (unpaired) electrons. The lowest BCUT2D eigenvalue weighted by atomic mass is 10.1. The molecule has 1 heterocycles. The van der Waals surface area contributed by atoms with Gasteiger partial charge in [0.05, 0.1) is 17.3 Å². The monoisotopic (exact) mass is 262 g/mol. The topological polar surface area (TPSA) is 45.2 Å². The molecule has 0 saturated heterocycles. The van der Waals surface area contributed by atoms with Crippen LogP contribution in [0.3, 0.4) is 0 Å². The number of hydrogen-bond acceptors (Lipinski definition) is 4. The van der Waals surface area contributed by atoms with E-state index in [1.54, 1.807) is 11.3 Å². The number of aliphatic hydroxyl groups excluding tert-OH is 1. The summed E-state index contributed by atoms with van der Waals surface area (Å²) in [6.45, 7) is 3.86. The number of nitrogens with zero attached hydrogens (tertiary/aromatic N) is 1. The van der Waals surface area contributed by atoms with Crippen molar-refractivity contribution in [3.05, 3.63) is 51.5 Å². The van der Waals surface area contributed by atoms with E-state index in [1.807, 2.05) is 24.3 Å². The minimum absolute atomic E-state index is 0.103. The molecule has 4 heteroatoms. The van der Waals surface area contributed by atoms with E-state index in [1.165, 1.54) is 10.6 Å². The largest absolute Gasteiger partial charge is 0.392 e. The van der Waals surface area contributed by atoms with E-state index in [9.17, 15) is 0 Å². The van der Waals surface area contributed by atoms with Crippen molar-refractivity contribution in [2.45, 2.75) is 33.0 Å². The zero-order chi connectivity index (χ0) is 12.8. The first-order valence-corrected chi connectivity index (χ1v) is 7.02. The van der Waals surface area contributed by atoms with Gasteiger partial charge in [-0.1, -0.05) is 31.2 Å². The third-order valence-electron chi connectivity index (χ3n) is 2.74. The minimum Gasteiger partial charge on any atom is -0.392 e. The van der Waals surface area contributed by atoms with Gasteiger partial charge >= 0.3 is 0 Å². The van der Waals surface area contributed by atoms with Crippen molar-refractivity contribution in [1.82, 2.24) is 10.3 Å². The molecule has 96 valence electrons. The van der Waals surface area contributed by atoms with E-state index in [-0.39, 0.29) is 6.61 Å². The number of hydrogen-bond donors (Lipinski definition) is 2. The predicted octanol–water partition coefficient (Wildman–Crippen LogP) is 2.49. The van der Waals surface area contributed by atoms with Crippen LogP contribution in [-0.2, 0) is 26.1 Å². The second-order valence-electron chi connectivity index (χ2n) is 4.16. The summed E-state index contributed by atoms with van der Waals surface area (Å²) < 4.78 is 0. The van der Waals surface area contributed by atoms with Crippen LogP contribution >= 0.6 is 11.3 Å². The maximum atomic E-state index is 8.96. The number of nitrogens with one attached hydrogen (secondary N) is 1. The van der Waals surface area contributed by atoms with Gasteiger partial charge in [-0.15, -0.1) is 11.3 Å². The summed E-state index contributed by atoms with van der Waals surface area (Å²) in [4.78, 5) is 4.51. The summed E-state index contributed by atoms with van der Waals surface area (Å²) in [6, 6.07) is 7.98. The van der Waals surface area contributed by atoms with Gasteiger partial charge < -0.3 is 10.4 Å². The van der Waals surface area contributed by atoms with E-state index >= 15 is 0 Å². The fourth-order valence-electron chi connectivity index (χ4n) is 1.69. The fourth-order valence-corrected chi connectivity index (χ4v) is 2.43. The van der Waals surface area contributed by atoms with Crippen LogP contribution in [0.15, 0.2) is 29.6 Å². The summed E-state index contributed by atoms with van der Waals surface area (Å²) in [6.07, 6.45) is 1.01. The molecule has 0 amide bonds. The third-order valence-corrected chi connectivity index (χ3v) is 3.78. The average Bonchev–Trinajstić information content (AvgIpc) is 2.87. The van der Waals surface area contributed by atoms with Gasteiger partial charge in [0, 0.05) is 18.5 Å². The SMILES string of the molecule is CCc1nc(CNCc2ccc(CO)cc2)cs1. The van der Waals surface area contributed by atoms with Gasteiger partial charge in [0.2, 0.25) is 0 Å². The highest BCUT2D eigenvalue weighted by atomic mass is 32.1. The maximum Gasteiger partial charge on any atom is 0.0926 e. The Hall–Kier alpha value is -1.23. The Morgan fingerprint density at radius 1 is 1.17 bits per heavy atom. The molecule has 2 rings (SSSR count). The maximum absolute atomic E-state index is 8.96. The third kappa shape index (κ3) is 3.63. The molecule has 0 atom stereocenters. The lowest BCUT2D eigenvalue weighted by Gasteiger charge is -2.04. The van der Waals surface area contributed by atoms with Gasteiger partial charge in [0.15, 0.2) is 0 Å². The number of rotatable bonds is 6. The fraction of sp³-hybridized carbons (Fsp3) is 0.357. The first-order chi connectivity index (χ1) is 8.81. The number of aryl methyl sites for hydroxylation is 1. The van der Waals surface area contributed by atoms with Crippen LogP contribution in [0.5, 0.6) is 0 Å². The van der Waals surface area contributed by atoms with E-state index in [2.05, 4.69) is 22.6 Å². The van der Waals surface area contributed by atoms with Crippen molar-refractivity contribution in [3.63, 3.8) is 0 Å². The zero-order valence-electron chi connectivity index (χ0n) is 10.5. The van der Waals surface area contributed by atoms with Gasteiger partial charge in [0.1, 0.15) is 0 Å². The van der Waals surface area contributed by atoms with E-state index in [4.69, 9.17) is 5.11 Å². The summed E-state index contributed by atoms with van der Waals surface area (Å²) in [7, 11) is 0. The van der Waals surface area contributed by atoms with Crippen LogP contribution in [0.4, 0.5) is 0 Å². The van der Waals surface area contributed by atoms with Crippen molar-refractivity contribution >= 4 is 11.3 Å². The van der Waals surface area contributed by atoms with Crippen molar-refractivity contribution in [1.29, 1.82) is 0 Å². The molecule has 1 aromatic heterocycles. The molecular weight excluding hydrogens is 244 g/mol. The molecule has 0 aliphatic heterocycles. The van der Waals surface area contributed by atoms with Crippen LogP contribution in [0.2, 0.25) is 0 Å². The van der Waals surface area contributed by atoms with E-state index in [0.717, 1.165) is 30.8 Å². The van der Waals surface area contributed by atoms with Crippen LogP contribution in [0, 0.1) is 0 Å². The predicted molar refractivity (Wildman–Crippen MR) is 74.4 cm³/mol. The van der Waals surface area contributed by atoms with Crippen LogP contribution in [0.25, 0.3) is 0 Å². The Morgan fingerprint density at radius 2 is 1.89 bits per heavy atom. The molecule has 0 unspecified atom stereocenters. The molecule has 2 N–H and O–H groups in total. The molecule has 0 fully saturated rings. The molecule has 18 heavy (non-hydrogen) atoms. The molecule has 0 bridgehead atoms. The van der Waals surface area contributed by atoms with Crippen molar-refractivity contribution in [2.75, 3.05) is 0 Å². The highest BCUT2D eigenvalue weighted by Crippen LogP contribution is 2.10. The molecule has 0 saturated carbocycles. The normalized spacial score (nSPS) is 10.8. The second kappa shape index (κ2) is 6.64. The van der Waals surface area contributed by atoms with Crippen molar-refractivity contribution < 1.29 is 5.11 Å². The van der Waals surface area contributed by atoms with Gasteiger partial charge in [-0.05, 0) is 17.5 Å². The van der Waals surface area contributed by atoms with Crippen LogP contribution in [0.1, 0.15) is 28.8 Å². The highest BCUT2D eigenvalue weighted by molar-refractivity contribution is 7.09. The van der Waals surface area contributed by atoms with Gasteiger partial charge in [-0.25, -0.2) is 4.98 Å². The van der Waals surface area contributed by atoms with E-state index in [0.29, 0.717) is 0 Å². The second-order valence-corrected chi connectivity index (χ2v) is 5.11. The summed E-state index contributed by atoms with van der Waals surface area (Å²) in [5.41, 5.74) is 3.29. The average molecular weight is 262 g/mol. The van der Waals surface area contributed by atoms with Gasteiger partial charge in [-0.2, -0.15) is 0 Å². The van der Waals surface area contributed by atoms with Crippen LogP contribution in [-0.4, -0.2) is 10.1 Å². The Morgan fingerprint density at radius 3 is 2.50 bits per heavy atom. The minimum atomic E-state index is 0.103. The standard InChI is InChI=1S/C14H18N2OS/c1-2-14-16-13(10-18-14)8-15-7-11-3-5-12(9-17)6-4-11/h3-6,10,15,17H,2,7-9H2,1H3. The van der Waals surface area contributed by atoms with Gasteiger partial charge in [-0.3, -0.25) is 0 Å². The molecule has 0 spiro atoms. The molecule has 0 aliphatic rings. The lowest BCUT2D eigenvalue weighted by molar-refractivity contribution is 0.282. The summed E-state index contributed by atoms with van der Waals surface area (Å²) >= 11 is 1.72. The number of benzene rings is 1. The molecule has 3 nitrogen and oxygen atoms in total. The van der Waals surface area contributed by atoms with Crippen LogP contribution < -0.4 is 5.32 Å². The van der Waals surface area contributed by atoms with Crippen molar-refractivity contribution in [2.24, 2.45) is 0 Å². The first-order valence-electron chi connectivity index (χ1n) is 6.14. The molecule has 0 aliphatic carbocycles. The van der Waals surface area contributed by atoms with E-state index < -0.39 is 0 Å². The quantitative estimate of drug-likeness (QED) is 0.840. The highest BCUT2D eigenvalue weighted by Gasteiger charge is 2.00. The number of aliphatic hydroxyl groups is 1. The molecule has 2 aromatic rings. The summed E-state index contributed by atoms with van der Waals surface area (Å²) in [5.74, 6) is 0. The Kier molecular flexibility index (Phi) is 4.87. The van der Waals surface area contributed by atoms with Gasteiger partial charge in [0.25, 0.3) is 0 Å². The number of thiazole rings is 1. The Bertz CT molecular complexity index is 479. The first kappa shape index (κ1) is 13.2. The summed E-state index contributed by atoms with van der Waals surface area (Å²) in [5, 5.41) is 15.6. The Balaban J connectivity index is 1.80.